The van der Waals surface area contributed by atoms with Crippen molar-refractivity contribution in [2.45, 2.75) is 13.8 Å². The number of hydrogen-bond donors (Lipinski definition) is 1. The standard InChI is InChI=1S/C22H19N5O2/c1-15-10-11-16(2)19(13-15)23-22(28)20(14-18-9-6-12-29-18)27-21(24-25-26-27)17-7-4-3-5-8-17/h3-14H,1-2H3,(H,23,28)/b20-14-. The molecule has 2 heterocycles. The van der Waals surface area contributed by atoms with Gasteiger partial charge in [-0.15, -0.1) is 5.10 Å². The molecule has 0 aliphatic heterocycles. The molecule has 7 nitrogen and oxygen atoms in total. The highest BCUT2D eigenvalue weighted by atomic mass is 16.3. The van der Waals surface area contributed by atoms with Crippen LogP contribution in [-0.4, -0.2) is 26.1 Å². The van der Waals surface area contributed by atoms with Gasteiger partial charge in [-0.25, -0.2) is 0 Å². The van der Waals surface area contributed by atoms with Gasteiger partial charge in [-0.2, -0.15) is 4.68 Å². The van der Waals surface area contributed by atoms with Crippen molar-refractivity contribution >= 4 is 23.4 Å². The Morgan fingerprint density at radius 1 is 1.07 bits per heavy atom. The maximum Gasteiger partial charge on any atom is 0.274 e. The SMILES string of the molecule is Cc1ccc(C)c(NC(=O)/C(=C/c2ccco2)n2nnnc2-c2ccccc2)c1. The number of carbonyl (C=O) groups is 1. The topological polar surface area (TPSA) is 85.8 Å². The predicted molar refractivity (Wildman–Crippen MR) is 111 cm³/mol. The van der Waals surface area contributed by atoms with E-state index in [9.17, 15) is 4.79 Å². The summed E-state index contributed by atoms with van der Waals surface area (Å²) in [4.78, 5) is 13.2. The summed E-state index contributed by atoms with van der Waals surface area (Å²) >= 11 is 0. The van der Waals surface area contributed by atoms with Gasteiger partial charge in [0.05, 0.1) is 6.26 Å². The molecule has 0 aliphatic rings. The van der Waals surface area contributed by atoms with E-state index in [1.165, 1.54) is 4.68 Å². The summed E-state index contributed by atoms with van der Waals surface area (Å²) < 4.78 is 6.83. The molecule has 29 heavy (non-hydrogen) atoms. The van der Waals surface area contributed by atoms with Crippen molar-refractivity contribution in [1.29, 1.82) is 0 Å². The molecule has 0 saturated heterocycles. The van der Waals surface area contributed by atoms with Gasteiger partial charge in [-0.3, -0.25) is 4.79 Å². The third-order valence-corrected chi connectivity index (χ3v) is 4.43. The van der Waals surface area contributed by atoms with Crippen LogP contribution in [0, 0.1) is 13.8 Å². The number of anilines is 1. The fourth-order valence-corrected chi connectivity index (χ4v) is 2.90. The molecule has 144 valence electrons. The van der Waals surface area contributed by atoms with Gasteiger partial charge in [0.2, 0.25) is 0 Å². The predicted octanol–water partition coefficient (Wildman–Crippen LogP) is 4.19. The Hall–Kier alpha value is -4.00. The number of amides is 1. The number of nitrogens with one attached hydrogen (secondary N) is 1. The van der Waals surface area contributed by atoms with Gasteiger partial charge in [0.25, 0.3) is 5.91 Å². The van der Waals surface area contributed by atoms with E-state index in [-0.39, 0.29) is 11.6 Å². The first-order chi connectivity index (χ1) is 14.1. The molecule has 0 spiro atoms. The van der Waals surface area contributed by atoms with Crippen LogP contribution in [0.3, 0.4) is 0 Å². The zero-order chi connectivity index (χ0) is 20.2. The van der Waals surface area contributed by atoms with Crippen LogP contribution in [0.4, 0.5) is 5.69 Å². The molecule has 0 aliphatic carbocycles. The van der Waals surface area contributed by atoms with Crippen LogP contribution >= 0.6 is 0 Å². The lowest BCUT2D eigenvalue weighted by Crippen LogP contribution is -2.20. The van der Waals surface area contributed by atoms with E-state index in [1.54, 1.807) is 24.5 Å². The number of aromatic nitrogens is 4. The number of nitrogens with zero attached hydrogens (tertiary/aromatic N) is 4. The lowest BCUT2D eigenvalue weighted by atomic mass is 10.1. The molecule has 0 bridgehead atoms. The Bertz CT molecular complexity index is 1160. The second-order valence-electron chi connectivity index (χ2n) is 6.60. The number of aryl methyl sites for hydroxylation is 2. The highest BCUT2D eigenvalue weighted by Crippen LogP contribution is 2.23. The number of hydrogen-bond acceptors (Lipinski definition) is 5. The van der Waals surface area contributed by atoms with Crippen molar-refractivity contribution in [3.63, 3.8) is 0 Å². The Balaban J connectivity index is 1.77. The van der Waals surface area contributed by atoms with E-state index >= 15 is 0 Å². The van der Waals surface area contributed by atoms with Crippen molar-refractivity contribution in [3.05, 3.63) is 83.8 Å². The minimum Gasteiger partial charge on any atom is -0.465 e. The van der Waals surface area contributed by atoms with E-state index in [2.05, 4.69) is 20.8 Å². The van der Waals surface area contributed by atoms with Crippen molar-refractivity contribution in [2.24, 2.45) is 0 Å². The summed E-state index contributed by atoms with van der Waals surface area (Å²) in [7, 11) is 0. The van der Waals surface area contributed by atoms with Gasteiger partial charge in [0.15, 0.2) is 5.82 Å². The zero-order valence-electron chi connectivity index (χ0n) is 16.0. The first-order valence-corrected chi connectivity index (χ1v) is 9.10. The van der Waals surface area contributed by atoms with Crippen molar-refractivity contribution in [1.82, 2.24) is 20.2 Å². The molecule has 2 aromatic carbocycles. The van der Waals surface area contributed by atoms with E-state index < -0.39 is 0 Å². The van der Waals surface area contributed by atoms with Crippen LogP contribution in [0.25, 0.3) is 23.2 Å². The minimum absolute atomic E-state index is 0.240. The molecule has 1 N–H and O–H groups in total. The van der Waals surface area contributed by atoms with E-state index in [4.69, 9.17) is 4.42 Å². The molecular formula is C22H19N5O2. The van der Waals surface area contributed by atoms with Crippen LogP contribution in [-0.2, 0) is 4.79 Å². The van der Waals surface area contributed by atoms with Gasteiger partial charge < -0.3 is 9.73 Å². The van der Waals surface area contributed by atoms with Crippen molar-refractivity contribution in [2.75, 3.05) is 5.32 Å². The van der Waals surface area contributed by atoms with Crippen LogP contribution in [0.1, 0.15) is 16.9 Å². The lowest BCUT2D eigenvalue weighted by molar-refractivity contribution is -0.111. The van der Waals surface area contributed by atoms with Gasteiger partial charge in [0, 0.05) is 17.3 Å². The second kappa shape index (κ2) is 7.93. The third kappa shape index (κ3) is 3.98. The summed E-state index contributed by atoms with van der Waals surface area (Å²) in [5.41, 5.74) is 3.78. The fraction of sp³-hybridized carbons (Fsp3) is 0.0909. The molecule has 2 aromatic heterocycles. The fourth-order valence-electron chi connectivity index (χ4n) is 2.90. The normalized spacial score (nSPS) is 11.4. The van der Waals surface area contributed by atoms with E-state index in [0.29, 0.717) is 11.6 Å². The summed E-state index contributed by atoms with van der Waals surface area (Å²) in [5.74, 6) is 0.629. The first kappa shape index (κ1) is 18.4. The summed E-state index contributed by atoms with van der Waals surface area (Å²) in [5, 5.41) is 14.9. The molecule has 0 radical (unpaired) electrons. The van der Waals surface area contributed by atoms with Crippen LogP contribution < -0.4 is 5.32 Å². The average Bonchev–Trinajstić information content (AvgIpc) is 3.41. The van der Waals surface area contributed by atoms with Crippen molar-refractivity contribution < 1.29 is 9.21 Å². The molecule has 0 saturated carbocycles. The monoisotopic (exact) mass is 385 g/mol. The van der Waals surface area contributed by atoms with Crippen LogP contribution in [0.5, 0.6) is 0 Å². The first-order valence-electron chi connectivity index (χ1n) is 9.10. The highest BCUT2D eigenvalue weighted by molar-refractivity contribution is 6.24. The van der Waals surface area contributed by atoms with Crippen LogP contribution in [0.2, 0.25) is 0 Å². The lowest BCUT2D eigenvalue weighted by Gasteiger charge is -2.12. The molecule has 0 atom stereocenters. The smallest absolute Gasteiger partial charge is 0.274 e. The average molecular weight is 385 g/mol. The minimum atomic E-state index is -0.348. The number of benzene rings is 2. The summed E-state index contributed by atoms with van der Waals surface area (Å²) in [6.07, 6.45) is 3.16. The molecule has 4 rings (SSSR count). The molecule has 0 fully saturated rings. The van der Waals surface area contributed by atoms with Gasteiger partial charge in [-0.1, -0.05) is 42.5 Å². The molecule has 7 heteroatoms. The Labute approximate surface area is 167 Å². The number of tetrazole rings is 1. The molecule has 1 amide bonds. The Morgan fingerprint density at radius 3 is 2.66 bits per heavy atom. The number of furan rings is 1. The zero-order valence-corrected chi connectivity index (χ0v) is 16.0. The summed E-state index contributed by atoms with van der Waals surface area (Å²) in [6.45, 7) is 3.92. The quantitative estimate of drug-likeness (QED) is 0.521. The van der Waals surface area contributed by atoms with Gasteiger partial charge in [0.1, 0.15) is 11.5 Å². The second-order valence-corrected chi connectivity index (χ2v) is 6.60. The number of rotatable bonds is 5. The van der Waals surface area contributed by atoms with Crippen molar-refractivity contribution in [3.8, 4) is 11.4 Å². The Kier molecular flexibility index (Phi) is 5.03. The summed E-state index contributed by atoms with van der Waals surface area (Å²) in [6, 6.07) is 18.9. The van der Waals surface area contributed by atoms with E-state index in [1.807, 2.05) is 62.4 Å². The molecule has 0 unspecified atom stereocenters. The van der Waals surface area contributed by atoms with Gasteiger partial charge >= 0.3 is 0 Å². The number of carbonyl (C=O) groups excluding carboxylic acids is 1. The molecule has 4 aromatic rings. The van der Waals surface area contributed by atoms with Gasteiger partial charge in [-0.05, 0) is 53.6 Å². The largest absolute Gasteiger partial charge is 0.465 e. The van der Waals surface area contributed by atoms with E-state index in [0.717, 1.165) is 22.4 Å². The maximum atomic E-state index is 13.2. The maximum absolute atomic E-state index is 13.2. The highest BCUT2D eigenvalue weighted by Gasteiger charge is 2.20. The van der Waals surface area contributed by atoms with Crippen LogP contribution in [0.15, 0.2) is 71.3 Å². The third-order valence-electron chi connectivity index (χ3n) is 4.43. The Morgan fingerprint density at radius 2 is 1.90 bits per heavy atom. The molecular weight excluding hydrogens is 366 g/mol.